The number of rotatable bonds is 3. The van der Waals surface area contributed by atoms with Crippen LogP contribution in [0.25, 0.3) is 11.4 Å². The predicted octanol–water partition coefficient (Wildman–Crippen LogP) is 0.552. The number of anilines is 1. The minimum absolute atomic E-state index is 0.229. The molecule has 0 bridgehead atoms. The minimum Gasteiger partial charge on any atom is -0.431 e. The Balaban J connectivity index is 2.23. The quantitative estimate of drug-likeness (QED) is 0.538. The monoisotopic (exact) mass is 246 g/mol. The first-order valence-corrected chi connectivity index (χ1v) is 5.34. The number of hydrogen-bond acceptors (Lipinski definition) is 5. The number of guanidine groups is 1. The normalized spacial score (nSPS) is 11.6. The molecule has 0 aliphatic carbocycles. The van der Waals surface area contributed by atoms with Crippen molar-refractivity contribution in [3.05, 3.63) is 30.2 Å². The van der Waals surface area contributed by atoms with Gasteiger partial charge in [-0.25, -0.2) is 4.98 Å². The predicted molar refractivity (Wildman–Crippen MR) is 68.8 cm³/mol. The Labute approximate surface area is 104 Å². The van der Waals surface area contributed by atoms with E-state index in [1.54, 1.807) is 7.05 Å². The van der Waals surface area contributed by atoms with E-state index in [0.29, 0.717) is 17.9 Å². The summed E-state index contributed by atoms with van der Waals surface area (Å²) < 4.78 is 5.21. The molecule has 0 spiro atoms. The summed E-state index contributed by atoms with van der Waals surface area (Å²) in [6.45, 7) is 0.381. The number of aromatic nitrogens is 2. The zero-order valence-electron chi connectivity index (χ0n) is 9.92. The average molecular weight is 246 g/mol. The lowest BCUT2D eigenvalue weighted by Crippen LogP contribution is -2.22. The van der Waals surface area contributed by atoms with Gasteiger partial charge in [0.1, 0.15) is 12.0 Å². The third-order valence-electron chi connectivity index (χ3n) is 2.26. The summed E-state index contributed by atoms with van der Waals surface area (Å²) in [5.41, 5.74) is 13.1. The highest BCUT2D eigenvalue weighted by Gasteiger charge is 2.08. The van der Waals surface area contributed by atoms with Crippen molar-refractivity contribution in [2.45, 2.75) is 6.54 Å². The molecule has 7 nitrogen and oxygen atoms in total. The maximum atomic E-state index is 5.53. The van der Waals surface area contributed by atoms with E-state index in [1.807, 2.05) is 18.2 Å². The van der Waals surface area contributed by atoms with Crippen molar-refractivity contribution >= 4 is 12.0 Å². The van der Waals surface area contributed by atoms with Gasteiger partial charge < -0.3 is 15.9 Å². The van der Waals surface area contributed by atoms with Gasteiger partial charge >= 0.3 is 6.01 Å². The number of nitrogens with zero attached hydrogens (tertiary/aromatic N) is 3. The van der Waals surface area contributed by atoms with E-state index >= 15 is 0 Å². The molecule has 2 aromatic heterocycles. The van der Waals surface area contributed by atoms with Crippen LogP contribution in [0, 0.1) is 0 Å². The topological polar surface area (TPSA) is 115 Å². The van der Waals surface area contributed by atoms with Gasteiger partial charge in [0, 0.05) is 13.6 Å². The molecule has 2 aromatic rings. The van der Waals surface area contributed by atoms with Crippen LogP contribution in [0.1, 0.15) is 5.69 Å². The number of aliphatic imine (C=N–C) groups is 1. The molecule has 7 heteroatoms. The van der Waals surface area contributed by atoms with E-state index in [0.717, 1.165) is 5.69 Å². The van der Waals surface area contributed by atoms with Gasteiger partial charge in [-0.3, -0.25) is 10.3 Å². The first-order valence-electron chi connectivity index (χ1n) is 5.34. The van der Waals surface area contributed by atoms with Gasteiger partial charge in [0.2, 0.25) is 0 Å². The lowest BCUT2D eigenvalue weighted by Gasteiger charge is -1.99. The van der Waals surface area contributed by atoms with E-state index in [2.05, 4.69) is 20.3 Å². The molecule has 0 amide bonds. The van der Waals surface area contributed by atoms with Crippen LogP contribution in [0.3, 0.4) is 0 Å². The molecule has 2 rings (SSSR count). The van der Waals surface area contributed by atoms with Crippen LogP contribution in [0.4, 0.5) is 6.01 Å². The highest BCUT2D eigenvalue weighted by atomic mass is 16.4. The average Bonchev–Trinajstić information content (AvgIpc) is 2.87. The molecule has 94 valence electrons. The molecule has 5 N–H and O–H groups in total. The third-order valence-corrected chi connectivity index (χ3v) is 2.26. The Hall–Kier alpha value is -2.41. The van der Waals surface area contributed by atoms with Gasteiger partial charge in [-0.05, 0) is 12.1 Å². The van der Waals surface area contributed by atoms with Crippen LogP contribution in [-0.2, 0) is 6.54 Å². The maximum Gasteiger partial charge on any atom is 0.302 e. The van der Waals surface area contributed by atoms with Crippen LogP contribution in [0.15, 0.2) is 33.9 Å². The smallest absolute Gasteiger partial charge is 0.302 e. The van der Waals surface area contributed by atoms with E-state index in [-0.39, 0.29) is 12.0 Å². The van der Waals surface area contributed by atoms with Crippen molar-refractivity contribution in [2.24, 2.45) is 16.5 Å². The zero-order valence-corrected chi connectivity index (χ0v) is 9.92. The molecule has 0 aliphatic heterocycles. The van der Waals surface area contributed by atoms with Crippen molar-refractivity contribution in [1.82, 2.24) is 9.97 Å². The molecule has 0 saturated carbocycles. The standard InChI is InChI=1S/C11H14N6O/c1-14-10(13)17-11-16-9(6-18-11)8-4-2-3-7(5-12)15-8/h2-4,6H,5,12H2,1H3,(H3,13,14,16,17). The molecular formula is C11H14N6O. The fourth-order valence-corrected chi connectivity index (χ4v) is 1.35. The van der Waals surface area contributed by atoms with E-state index < -0.39 is 0 Å². The summed E-state index contributed by atoms with van der Waals surface area (Å²) >= 11 is 0. The van der Waals surface area contributed by atoms with Crippen LogP contribution < -0.4 is 16.8 Å². The van der Waals surface area contributed by atoms with E-state index in [1.165, 1.54) is 6.26 Å². The van der Waals surface area contributed by atoms with Crippen LogP contribution >= 0.6 is 0 Å². The Morgan fingerprint density at radius 2 is 2.22 bits per heavy atom. The van der Waals surface area contributed by atoms with Crippen molar-refractivity contribution in [3.63, 3.8) is 0 Å². The third kappa shape index (κ3) is 2.64. The first kappa shape index (κ1) is 12.1. The highest BCUT2D eigenvalue weighted by molar-refractivity contribution is 5.90. The Morgan fingerprint density at radius 1 is 1.39 bits per heavy atom. The Bertz CT molecular complexity index is 562. The Morgan fingerprint density at radius 3 is 2.94 bits per heavy atom. The summed E-state index contributed by atoms with van der Waals surface area (Å²) in [5, 5.41) is 2.71. The molecule has 0 fully saturated rings. The minimum atomic E-state index is 0.229. The van der Waals surface area contributed by atoms with Crippen LogP contribution in [-0.4, -0.2) is 23.0 Å². The second-order valence-corrected chi connectivity index (χ2v) is 3.49. The van der Waals surface area contributed by atoms with Crippen LogP contribution in [0.5, 0.6) is 0 Å². The fraction of sp³-hybridized carbons (Fsp3) is 0.182. The van der Waals surface area contributed by atoms with Gasteiger partial charge in [-0.1, -0.05) is 6.07 Å². The SMILES string of the molecule is CN=C(N)Nc1nc(-c2cccc(CN)n2)co1. The molecule has 0 saturated heterocycles. The molecular weight excluding hydrogens is 232 g/mol. The second kappa shape index (κ2) is 5.28. The lowest BCUT2D eigenvalue weighted by molar-refractivity contribution is 0.579. The zero-order chi connectivity index (χ0) is 13.0. The number of pyridine rings is 1. The lowest BCUT2D eigenvalue weighted by atomic mass is 10.2. The van der Waals surface area contributed by atoms with Gasteiger partial charge in [-0.2, -0.15) is 4.98 Å². The Kier molecular flexibility index (Phi) is 3.54. The second-order valence-electron chi connectivity index (χ2n) is 3.49. The summed E-state index contributed by atoms with van der Waals surface area (Å²) in [6.07, 6.45) is 1.49. The van der Waals surface area contributed by atoms with Crippen LogP contribution in [0.2, 0.25) is 0 Å². The van der Waals surface area contributed by atoms with Gasteiger partial charge in [0.05, 0.1) is 11.4 Å². The number of nitrogens with one attached hydrogen (secondary N) is 1. The van der Waals surface area contributed by atoms with Crippen molar-refractivity contribution in [2.75, 3.05) is 12.4 Å². The van der Waals surface area contributed by atoms with E-state index in [4.69, 9.17) is 15.9 Å². The number of nitrogens with two attached hydrogens (primary N) is 2. The fourth-order valence-electron chi connectivity index (χ4n) is 1.35. The molecule has 0 atom stereocenters. The summed E-state index contributed by atoms with van der Waals surface area (Å²) in [6, 6.07) is 5.82. The molecule has 0 aliphatic rings. The summed E-state index contributed by atoms with van der Waals surface area (Å²) in [4.78, 5) is 12.3. The number of oxazole rings is 1. The van der Waals surface area contributed by atoms with Gasteiger partial charge in [0.15, 0.2) is 5.96 Å². The summed E-state index contributed by atoms with van der Waals surface area (Å²) in [5.74, 6) is 0.229. The molecule has 18 heavy (non-hydrogen) atoms. The van der Waals surface area contributed by atoms with Gasteiger partial charge in [-0.15, -0.1) is 0 Å². The molecule has 0 radical (unpaired) electrons. The largest absolute Gasteiger partial charge is 0.431 e. The van der Waals surface area contributed by atoms with Crippen molar-refractivity contribution < 1.29 is 4.42 Å². The van der Waals surface area contributed by atoms with Crippen molar-refractivity contribution in [3.8, 4) is 11.4 Å². The summed E-state index contributed by atoms with van der Waals surface area (Å²) in [7, 11) is 1.57. The van der Waals surface area contributed by atoms with Gasteiger partial charge in [0.25, 0.3) is 0 Å². The maximum absolute atomic E-state index is 5.53. The molecule has 2 heterocycles. The first-order chi connectivity index (χ1) is 8.72. The van der Waals surface area contributed by atoms with E-state index in [9.17, 15) is 0 Å². The van der Waals surface area contributed by atoms with Crippen molar-refractivity contribution in [1.29, 1.82) is 0 Å². The highest BCUT2D eigenvalue weighted by Crippen LogP contribution is 2.18. The molecule has 0 aromatic carbocycles. The molecule has 0 unspecified atom stereocenters. The number of hydrogen-bond donors (Lipinski definition) is 3.